The summed E-state index contributed by atoms with van der Waals surface area (Å²) >= 11 is 0. The standard InChI is InChI=1S/C18H14O8.CH4O3S/c19-13(11-7-3-1-4-8-11)17(25,15(21)22)18(26,16(23)24)14(20)12-9-5-2-6-10-12;1-5(2,3)4/h1-10,25-26H,(H,21,22)(H,23,24);1H3,(H,2,3,4)/t17-,18-;/m1./s1. The van der Waals surface area contributed by atoms with Crippen molar-refractivity contribution < 1.29 is 52.6 Å². The third-order valence-corrected chi connectivity index (χ3v) is 3.87. The normalized spacial score (nSPS) is 14.7. The maximum absolute atomic E-state index is 12.6. The second kappa shape index (κ2) is 9.57. The van der Waals surface area contributed by atoms with Crippen molar-refractivity contribution >= 4 is 33.6 Å². The molecule has 5 N–H and O–H groups in total. The van der Waals surface area contributed by atoms with E-state index in [0.717, 1.165) is 24.3 Å². The Morgan fingerprint density at radius 2 is 0.903 bits per heavy atom. The molecule has 0 saturated heterocycles. The molecule has 0 unspecified atom stereocenters. The van der Waals surface area contributed by atoms with Crippen LogP contribution in [-0.2, 0) is 19.7 Å². The summed E-state index contributed by atoms with van der Waals surface area (Å²) in [4.78, 5) is 48.5. The molecule has 2 atom stereocenters. The summed E-state index contributed by atoms with van der Waals surface area (Å²) in [6.45, 7) is 0. The number of aliphatic carboxylic acids is 2. The van der Waals surface area contributed by atoms with Gasteiger partial charge in [0.15, 0.2) is 0 Å². The highest BCUT2D eigenvalue weighted by Crippen LogP contribution is 2.31. The molecule has 31 heavy (non-hydrogen) atoms. The first-order chi connectivity index (χ1) is 14.2. The number of carboxylic acids is 2. The summed E-state index contributed by atoms with van der Waals surface area (Å²) < 4.78 is 25.9. The molecule has 0 fully saturated rings. The Bertz CT molecular complexity index is 999. The zero-order valence-corrected chi connectivity index (χ0v) is 16.7. The van der Waals surface area contributed by atoms with E-state index >= 15 is 0 Å². The third kappa shape index (κ3) is 5.58. The maximum atomic E-state index is 12.6. The van der Waals surface area contributed by atoms with Crippen LogP contribution in [0, 0.1) is 0 Å². The van der Waals surface area contributed by atoms with Gasteiger partial charge in [0.05, 0.1) is 6.26 Å². The van der Waals surface area contributed by atoms with Crippen molar-refractivity contribution in [2.45, 2.75) is 11.2 Å². The molecule has 0 aliphatic carbocycles. The Kier molecular flexibility index (Phi) is 7.90. The summed E-state index contributed by atoms with van der Waals surface area (Å²) in [6, 6.07) is 12.8. The fourth-order valence-corrected chi connectivity index (χ4v) is 2.43. The number of carboxylic acid groups (broad SMARTS) is 2. The van der Waals surface area contributed by atoms with Gasteiger partial charge in [0.1, 0.15) is 0 Å². The smallest absolute Gasteiger partial charge is 0.348 e. The quantitative estimate of drug-likeness (QED) is 0.212. The van der Waals surface area contributed by atoms with Gasteiger partial charge in [0.25, 0.3) is 21.3 Å². The minimum Gasteiger partial charge on any atom is -0.479 e. The summed E-state index contributed by atoms with van der Waals surface area (Å²) in [5.41, 5.74) is -8.68. The highest BCUT2D eigenvalue weighted by molar-refractivity contribution is 7.85. The molecule has 0 amide bonds. The predicted octanol–water partition coefficient (Wildman–Crippen LogP) is -0.112. The summed E-state index contributed by atoms with van der Waals surface area (Å²) in [7, 11) is -3.67. The van der Waals surface area contributed by atoms with E-state index in [1.165, 1.54) is 36.4 Å². The molecule has 0 saturated carbocycles. The highest BCUT2D eigenvalue weighted by Gasteiger charge is 2.69. The van der Waals surface area contributed by atoms with Gasteiger partial charge >= 0.3 is 11.9 Å². The van der Waals surface area contributed by atoms with Crippen LogP contribution in [0.4, 0.5) is 0 Å². The fraction of sp³-hybridized carbons (Fsp3) is 0.158. The van der Waals surface area contributed by atoms with Crippen LogP contribution in [-0.4, -0.2) is 74.4 Å². The molecule has 0 heterocycles. The van der Waals surface area contributed by atoms with E-state index in [-0.39, 0.29) is 0 Å². The van der Waals surface area contributed by atoms with Gasteiger partial charge in [0.2, 0.25) is 11.6 Å². The van der Waals surface area contributed by atoms with Gasteiger partial charge in [-0.05, 0) is 0 Å². The van der Waals surface area contributed by atoms with Crippen LogP contribution in [0.25, 0.3) is 0 Å². The van der Waals surface area contributed by atoms with E-state index in [4.69, 9.17) is 4.55 Å². The van der Waals surface area contributed by atoms with Gasteiger partial charge in [-0.1, -0.05) is 60.7 Å². The second-order valence-electron chi connectivity index (χ2n) is 6.15. The van der Waals surface area contributed by atoms with Crippen molar-refractivity contribution in [2.24, 2.45) is 0 Å². The van der Waals surface area contributed by atoms with Crippen molar-refractivity contribution in [2.75, 3.05) is 6.26 Å². The number of carbonyl (C=O) groups is 4. The number of carbonyl (C=O) groups excluding carboxylic acids is 2. The Hall–Kier alpha value is -3.45. The molecule has 0 radical (unpaired) electrons. The molecule has 0 bridgehead atoms. The Morgan fingerprint density at radius 3 is 1.10 bits per heavy atom. The van der Waals surface area contributed by atoms with E-state index in [1.54, 1.807) is 0 Å². The zero-order valence-electron chi connectivity index (χ0n) is 15.9. The van der Waals surface area contributed by atoms with E-state index in [1.807, 2.05) is 0 Å². The molecule has 11 nitrogen and oxygen atoms in total. The lowest BCUT2D eigenvalue weighted by Crippen LogP contribution is -2.71. The van der Waals surface area contributed by atoms with E-state index in [0.29, 0.717) is 6.26 Å². The predicted molar refractivity (Wildman–Crippen MR) is 104 cm³/mol. The number of ketones is 2. The van der Waals surface area contributed by atoms with Crippen molar-refractivity contribution in [1.82, 2.24) is 0 Å². The topological polar surface area (TPSA) is 204 Å². The molecular formula is C19H18O11S. The Morgan fingerprint density at radius 1 is 0.677 bits per heavy atom. The van der Waals surface area contributed by atoms with Crippen LogP contribution >= 0.6 is 0 Å². The first kappa shape index (κ1) is 25.6. The lowest BCUT2D eigenvalue weighted by molar-refractivity contribution is -0.187. The number of hydrogen-bond acceptors (Lipinski definition) is 8. The van der Waals surface area contributed by atoms with Gasteiger partial charge in [0, 0.05) is 11.1 Å². The number of benzene rings is 2. The average Bonchev–Trinajstić information content (AvgIpc) is 2.71. The number of aliphatic hydroxyl groups is 2. The third-order valence-electron chi connectivity index (χ3n) is 3.87. The molecule has 2 rings (SSSR count). The van der Waals surface area contributed by atoms with E-state index < -0.39 is 56.0 Å². The van der Waals surface area contributed by atoms with Crippen LogP contribution in [0.5, 0.6) is 0 Å². The average molecular weight is 454 g/mol. The van der Waals surface area contributed by atoms with Gasteiger partial charge in [-0.2, -0.15) is 8.42 Å². The molecule has 12 heteroatoms. The van der Waals surface area contributed by atoms with Crippen LogP contribution < -0.4 is 0 Å². The molecule has 2 aromatic carbocycles. The fourth-order valence-electron chi connectivity index (χ4n) is 2.43. The van der Waals surface area contributed by atoms with E-state index in [2.05, 4.69) is 0 Å². The molecule has 0 spiro atoms. The van der Waals surface area contributed by atoms with Crippen LogP contribution in [0.3, 0.4) is 0 Å². The minimum atomic E-state index is -3.95. The van der Waals surface area contributed by atoms with Crippen LogP contribution in [0.15, 0.2) is 60.7 Å². The van der Waals surface area contributed by atoms with Crippen LogP contribution in [0.2, 0.25) is 0 Å². The second-order valence-corrected chi connectivity index (χ2v) is 7.62. The minimum absolute atomic E-state index is 0.391. The molecular weight excluding hydrogens is 436 g/mol. The molecule has 0 aliphatic rings. The maximum Gasteiger partial charge on any atom is 0.348 e. The van der Waals surface area contributed by atoms with Gasteiger partial charge in [-0.15, -0.1) is 0 Å². The summed E-state index contributed by atoms with van der Waals surface area (Å²) in [5, 5.41) is 39.9. The first-order valence-electron chi connectivity index (χ1n) is 8.21. The SMILES string of the molecule is CS(=O)(=O)O.O=C(O)[C@](O)(C(=O)c1ccccc1)[C@](O)(C(=O)O)C(=O)c1ccccc1. The number of hydrogen-bond donors (Lipinski definition) is 5. The lowest BCUT2D eigenvalue weighted by atomic mass is 9.73. The number of rotatable bonds is 7. The number of Topliss-reactive ketones (excluding diaryl/α,β-unsaturated/α-hetero) is 2. The van der Waals surface area contributed by atoms with E-state index in [9.17, 15) is 48.0 Å². The first-order valence-corrected chi connectivity index (χ1v) is 10.1. The Balaban J connectivity index is 0.000000861. The zero-order chi connectivity index (χ0) is 24.0. The van der Waals surface area contributed by atoms with Crippen molar-refractivity contribution in [3.8, 4) is 0 Å². The highest BCUT2D eigenvalue weighted by atomic mass is 32.2. The molecule has 0 aliphatic heterocycles. The summed E-state index contributed by atoms with van der Waals surface area (Å²) in [6.07, 6.45) is 0.715. The van der Waals surface area contributed by atoms with Crippen molar-refractivity contribution in [1.29, 1.82) is 0 Å². The van der Waals surface area contributed by atoms with Crippen molar-refractivity contribution in [3.63, 3.8) is 0 Å². The largest absolute Gasteiger partial charge is 0.479 e. The van der Waals surface area contributed by atoms with Gasteiger partial charge in [-0.25, -0.2) is 9.59 Å². The van der Waals surface area contributed by atoms with Gasteiger partial charge in [-0.3, -0.25) is 14.1 Å². The monoisotopic (exact) mass is 454 g/mol. The lowest BCUT2D eigenvalue weighted by Gasteiger charge is -2.34. The summed E-state index contributed by atoms with van der Waals surface area (Å²) in [5.74, 6) is -8.03. The van der Waals surface area contributed by atoms with Crippen LogP contribution in [0.1, 0.15) is 20.7 Å². The molecule has 166 valence electrons. The molecule has 2 aromatic rings. The Labute approximate surface area is 176 Å². The molecule has 0 aromatic heterocycles. The van der Waals surface area contributed by atoms with Crippen molar-refractivity contribution in [3.05, 3.63) is 71.8 Å². The van der Waals surface area contributed by atoms with Gasteiger partial charge < -0.3 is 20.4 Å².